The quantitative estimate of drug-likeness (QED) is 0.687. The number of carbonyl (C=O) groups is 2. The molecule has 4 nitrogen and oxygen atoms in total. The molecular weight excluding hydrogens is 287 g/mol. The average molecular weight is 303 g/mol. The van der Waals surface area contributed by atoms with Gasteiger partial charge in [-0.25, -0.2) is 18.0 Å². The molecule has 0 aliphatic carbocycles. The number of hydrogen-bond donors (Lipinski definition) is 1. The predicted molar refractivity (Wildman–Crippen MR) is 69.3 cm³/mol. The third kappa shape index (κ3) is 5.45. The molecule has 0 fully saturated rings. The first-order valence-electron chi connectivity index (χ1n) is 6.15. The molecule has 1 N–H and O–H groups in total. The van der Waals surface area contributed by atoms with E-state index >= 15 is 0 Å². The van der Waals surface area contributed by atoms with Crippen LogP contribution in [-0.2, 0) is 16.0 Å². The Morgan fingerprint density at radius 3 is 2.48 bits per heavy atom. The van der Waals surface area contributed by atoms with Gasteiger partial charge in [0.2, 0.25) is 5.79 Å². The standard InChI is InChI=1S/C14H16F3NO3/c1-13(2,3)21-12(20)18-14(17,8-19)7-9-6-10(15)4-5-11(9)16/h4-6,8H,7H2,1-3H3,(H,18,20). The monoisotopic (exact) mass is 303 g/mol. The van der Waals surface area contributed by atoms with Gasteiger partial charge in [-0.3, -0.25) is 10.1 Å². The number of halogens is 3. The fourth-order valence-corrected chi connectivity index (χ4v) is 1.54. The minimum Gasteiger partial charge on any atom is -0.444 e. The van der Waals surface area contributed by atoms with Crippen molar-refractivity contribution in [2.45, 2.75) is 38.6 Å². The summed E-state index contributed by atoms with van der Waals surface area (Å²) in [5, 5.41) is 1.71. The largest absolute Gasteiger partial charge is 0.444 e. The maximum absolute atomic E-state index is 14.3. The Labute approximate surface area is 120 Å². The molecule has 0 heterocycles. The summed E-state index contributed by atoms with van der Waals surface area (Å²) in [6.45, 7) is 4.67. The zero-order chi connectivity index (χ0) is 16.3. The lowest BCUT2D eigenvalue weighted by molar-refractivity contribution is -0.119. The van der Waals surface area contributed by atoms with Crippen LogP contribution in [0.4, 0.5) is 18.0 Å². The number of rotatable bonds is 4. The average Bonchev–Trinajstić information content (AvgIpc) is 2.31. The van der Waals surface area contributed by atoms with Crippen LogP contribution in [0.2, 0.25) is 0 Å². The minimum atomic E-state index is -2.89. The first kappa shape index (κ1) is 17.0. The van der Waals surface area contributed by atoms with Crippen LogP contribution in [0, 0.1) is 11.6 Å². The highest BCUT2D eigenvalue weighted by molar-refractivity contribution is 5.75. The van der Waals surface area contributed by atoms with Gasteiger partial charge in [-0.15, -0.1) is 0 Å². The molecule has 0 saturated heterocycles. The first-order chi connectivity index (χ1) is 9.54. The molecule has 0 saturated carbocycles. The van der Waals surface area contributed by atoms with E-state index in [0.29, 0.717) is 0 Å². The van der Waals surface area contributed by atoms with Crippen molar-refractivity contribution in [3.8, 4) is 0 Å². The Morgan fingerprint density at radius 1 is 1.33 bits per heavy atom. The Hall–Kier alpha value is -2.05. The molecular formula is C14H16F3NO3. The van der Waals surface area contributed by atoms with Gasteiger partial charge in [0.05, 0.1) is 0 Å². The summed E-state index contributed by atoms with van der Waals surface area (Å²) in [6.07, 6.45) is -2.21. The van der Waals surface area contributed by atoms with E-state index in [4.69, 9.17) is 4.74 Å². The lowest BCUT2D eigenvalue weighted by Gasteiger charge is -2.25. The maximum atomic E-state index is 14.3. The molecule has 116 valence electrons. The van der Waals surface area contributed by atoms with E-state index in [9.17, 15) is 22.8 Å². The van der Waals surface area contributed by atoms with Gasteiger partial charge in [0.25, 0.3) is 0 Å². The van der Waals surface area contributed by atoms with Crippen LogP contribution in [0.15, 0.2) is 18.2 Å². The molecule has 7 heteroatoms. The Kier molecular flexibility index (Phi) is 4.98. The van der Waals surface area contributed by atoms with E-state index < -0.39 is 35.5 Å². The molecule has 0 aliphatic heterocycles. The number of alkyl carbamates (subject to hydrolysis) is 1. The van der Waals surface area contributed by atoms with Crippen LogP contribution < -0.4 is 5.32 Å². The van der Waals surface area contributed by atoms with Crippen molar-refractivity contribution >= 4 is 12.4 Å². The van der Waals surface area contributed by atoms with Gasteiger partial charge in [-0.1, -0.05) is 0 Å². The fourth-order valence-electron chi connectivity index (χ4n) is 1.54. The molecule has 1 aromatic carbocycles. The number of carbonyl (C=O) groups excluding carboxylic acids is 2. The van der Waals surface area contributed by atoms with E-state index in [-0.39, 0.29) is 11.8 Å². The summed E-state index contributed by atoms with van der Waals surface area (Å²) in [5.74, 6) is -4.56. The molecule has 0 radical (unpaired) electrons. The number of ether oxygens (including phenoxy) is 1. The molecule has 21 heavy (non-hydrogen) atoms. The van der Waals surface area contributed by atoms with Gasteiger partial charge in [0, 0.05) is 6.42 Å². The zero-order valence-electron chi connectivity index (χ0n) is 11.9. The predicted octanol–water partition coefficient (Wildman–Crippen LogP) is 2.90. The van der Waals surface area contributed by atoms with Crippen molar-refractivity contribution in [3.63, 3.8) is 0 Å². The second kappa shape index (κ2) is 6.15. The molecule has 1 atom stereocenters. The van der Waals surface area contributed by atoms with Gasteiger partial charge >= 0.3 is 6.09 Å². The topological polar surface area (TPSA) is 55.4 Å². The van der Waals surface area contributed by atoms with Crippen LogP contribution in [0.1, 0.15) is 26.3 Å². The highest BCUT2D eigenvalue weighted by Gasteiger charge is 2.34. The number of nitrogens with one attached hydrogen (secondary N) is 1. The van der Waals surface area contributed by atoms with Gasteiger partial charge in [-0.05, 0) is 44.5 Å². The number of benzene rings is 1. The number of amides is 1. The summed E-state index contributed by atoms with van der Waals surface area (Å²) in [7, 11) is 0. The van der Waals surface area contributed by atoms with Crippen molar-refractivity contribution in [1.29, 1.82) is 0 Å². The van der Waals surface area contributed by atoms with Gasteiger partial charge in [-0.2, -0.15) is 0 Å². The molecule has 1 unspecified atom stereocenters. The Bertz CT molecular complexity index is 543. The minimum absolute atomic E-state index is 0.193. The summed E-state index contributed by atoms with van der Waals surface area (Å²) in [4.78, 5) is 22.3. The Balaban J connectivity index is 2.87. The van der Waals surface area contributed by atoms with Crippen LogP contribution in [-0.4, -0.2) is 23.8 Å². The van der Waals surface area contributed by atoms with Crippen molar-refractivity contribution in [1.82, 2.24) is 5.32 Å². The second-order valence-electron chi connectivity index (χ2n) is 5.52. The normalized spacial score (nSPS) is 14.2. The van der Waals surface area contributed by atoms with Crippen molar-refractivity contribution in [3.05, 3.63) is 35.4 Å². The summed E-state index contributed by atoms with van der Waals surface area (Å²) in [6, 6.07) is 2.42. The summed E-state index contributed by atoms with van der Waals surface area (Å²) < 4.78 is 45.6. The highest BCUT2D eigenvalue weighted by atomic mass is 19.1. The summed E-state index contributed by atoms with van der Waals surface area (Å²) >= 11 is 0. The summed E-state index contributed by atoms with van der Waals surface area (Å²) in [5.41, 5.74) is -1.27. The second-order valence-corrected chi connectivity index (χ2v) is 5.52. The fraction of sp³-hybridized carbons (Fsp3) is 0.429. The SMILES string of the molecule is CC(C)(C)OC(=O)NC(F)(C=O)Cc1cc(F)ccc1F. The number of aldehydes is 1. The molecule has 1 rings (SSSR count). The van der Waals surface area contributed by atoms with E-state index in [1.54, 1.807) is 26.1 Å². The van der Waals surface area contributed by atoms with Crippen molar-refractivity contribution in [2.75, 3.05) is 0 Å². The number of alkyl halides is 1. The van der Waals surface area contributed by atoms with Crippen molar-refractivity contribution in [2.24, 2.45) is 0 Å². The molecule has 1 amide bonds. The van der Waals surface area contributed by atoms with Crippen LogP contribution in [0.3, 0.4) is 0 Å². The smallest absolute Gasteiger partial charge is 0.410 e. The van der Waals surface area contributed by atoms with E-state index in [0.717, 1.165) is 18.2 Å². The lowest BCUT2D eigenvalue weighted by Crippen LogP contribution is -2.49. The van der Waals surface area contributed by atoms with Gasteiger partial charge < -0.3 is 4.74 Å². The van der Waals surface area contributed by atoms with Crippen LogP contribution >= 0.6 is 0 Å². The van der Waals surface area contributed by atoms with Crippen LogP contribution in [0.5, 0.6) is 0 Å². The molecule has 0 spiro atoms. The molecule has 0 aromatic heterocycles. The van der Waals surface area contributed by atoms with E-state index in [1.807, 2.05) is 0 Å². The maximum Gasteiger partial charge on any atom is 0.410 e. The van der Waals surface area contributed by atoms with E-state index in [1.165, 1.54) is 0 Å². The first-order valence-corrected chi connectivity index (χ1v) is 6.15. The lowest BCUT2D eigenvalue weighted by atomic mass is 10.0. The molecule has 0 bridgehead atoms. The van der Waals surface area contributed by atoms with Crippen LogP contribution in [0.25, 0.3) is 0 Å². The number of hydrogen-bond acceptors (Lipinski definition) is 3. The molecule has 1 aromatic rings. The Morgan fingerprint density at radius 2 is 1.95 bits per heavy atom. The highest BCUT2D eigenvalue weighted by Crippen LogP contribution is 2.18. The third-order valence-corrected chi connectivity index (χ3v) is 2.35. The van der Waals surface area contributed by atoms with Gasteiger partial charge in [0.1, 0.15) is 17.2 Å². The van der Waals surface area contributed by atoms with Gasteiger partial charge in [0.15, 0.2) is 6.29 Å². The van der Waals surface area contributed by atoms with E-state index in [2.05, 4.69) is 0 Å². The molecule has 0 aliphatic rings. The zero-order valence-corrected chi connectivity index (χ0v) is 11.9. The third-order valence-electron chi connectivity index (χ3n) is 2.35. The van der Waals surface area contributed by atoms with Crippen molar-refractivity contribution < 1.29 is 27.5 Å².